The fraction of sp³-hybridized carbons (Fsp3) is 0.625. The van der Waals surface area contributed by atoms with E-state index in [0.29, 0.717) is 6.61 Å². The topological polar surface area (TPSA) is 21.3 Å². The van der Waals surface area contributed by atoms with Crippen molar-refractivity contribution in [2.75, 3.05) is 13.2 Å². The first-order valence-electron chi connectivity index (χ1n) is 7.17. The van der Waals surface area contributed by atoms with Gasteiger partial charge in [-0.25, -0.2) is 4.39 Å². The lowest BCUT2D eigenvalue weighted by molar-refractivity contribution is -0.0547. The van der Waals surface area contributed by atoms with Crippen LogP contribution in [-0.4, -0.2) is 24.8 Å². The van der Waals surface area contributed by atoms with E-state index < -0.39 is 0 Å². The van der Waals surface area contributed by atoms with Crippen LogP contribution < -0.4 is 5.32 Å². The third-order valence-corrected chi connectivity index (χ3v) is 3.69. The monoisotopic (exact) mass is 267 g/mol. The third kappa shape index (κ3) is 4.59. The van der Waals surface area contributed by atoms with Gasteiger partial charge in [0.15, 0.2) is 0 Å². The Morgan fingerprint density at radius 1 is 1.32 bits per heavy atom. The Morgan fingerprint density at radius 2 is 2.05 bits per heavy atom. The van der Waals surface area contributed by atoms with Crippen molar-refractivity contribution in [3.63, 3.8) is 0 Å². The molecule has 3 heteroatoms. The van der Waals surface area contributed by atoms with Crippen molar-refractivity contribution in [2.45, 2.75) is 52.2 Å². The Hall–Kier alpha value is -0.930. The van der Waals surface area contributed by atoms with E-state index in [0.717, 1.165) is 24.9 Å². The van der Waals surface area contributed by atoms with E-state index in [-0.39, 0.29) is 17.5 Å². The van der Waals surface area contributed by atoms with Gasteiger partial charge >= 0.3 is 0 Å². The van der Waals surface area contributed by atoms with Crippen LogP contribution in [0.5, 0.6) is 0 Å². The van der Waals surface area contributed by atoms with Gasteiger partial charge in [-0.3, -0.25) is 0 Å². The van der Waals surface area contributed by atoms with Crippen LogP contribution in [0, 0.1) is 5.82 Å². The maximum absolute atomic E-state index is 13.3. The first-order valence-corrected chi connectivity index (χ1v) is 7.17. The van der Waals surface area contributed by atoms with Crippen LogP contribution in [0.25, 0.3) is 0 Å². The number of halogens is 1. The minimum atomic E-state index is -0.225. The molecule has 0 aliphatic heterocycles. The molecule has 0 radical (unpaired) electrons. The summed E-state index contributed by atoms with van der Waals surface area (Å²) in [5.74, 6) is -0.178. The van der Waals surface area contributed by atoms with Crippen molar-refractivity contribution in [3.05, 3.63) is 35.6 Å². The molecule has 0 saturated heterocycles. The molecule has 0 heterocycles. The van der Waals surface area contributed by atoms with Gasteiger partial charge in [0.2, 0.25) is 0 Å². The highest BCUT2D eigenvalue weighted by molar-refractivity contribution is 5.18. The second-order valence-corrected chi connectivity index (χ2v) is 5.04. The summed E-state index contributed by atoms with van der Waals surface area (Å²) in [5, 5.41) is 3.48. The molecule has 1 aromatic carbocycles. The summed E-state index contributed by atoms with van der Waals surface area (Å²) in [5.41, 5.74) is 0.780. The van der Waals surface area contributed by atoms with Crippen LogP contribution in [0.4, 0.5) is 4.39 Å². The number of nitrogens with one attached hydrogen (secondary N) is 1. The number of benzene rings is 1. The zero-order chi connectivity index (χ0) is 14.3. The van der Waals surface area contributed by atoms with Gasteiger partial charge in [-0.15, -0.1) is 0 Å². The predicted octanol–water partition coefficient (Wildman–Crippen LogP) is 3.55. The van der Waals surface area contributed by atoms with Gasteiger partial charge in [0.1, 0.15) is 5.82 Å². The van der Waals surface area contributed by atoms with Crippen LogP contribution in [0.2, 0.25) is 0 Å². The van der Waals surface area contributed by atoms with E-state index in [9.17, 15) is 4.39 Å². The molecule has 1 rings (SSSR count). The Kier molecular flexibility index (Phi) is 6.46. The lowest BCUT2D eigenvalue weighted by atomic mass is 9.88. The van der Waals surface area contributed by atoms with Gasteiger partial charge in [-0.2, -0.15) is 0 Å². The Bertz CT molecular complexity index is 383. The number of ether oxygens (including phenoxy) is 1. The van der Waals surface area contributed by atoms with E-state index in [1.165, 1.54) is 6.07 Å². The summed E-state index contributed by atoms with van der Waals surface area (Å²) < 4.78 is 19.2. The second kappa shape index (κ2) is 7.61. The molecule has 0 aromatic heterocycles. The van der Waals surface area contributed by atoms with Gasteiger partial charge in [-0.05, 0) is 50.9 Å². The van der Waals surface area contributed by atoms with Gasteiger partial charge in [-0.1, -0.05) is 26.0 Å². The minimum Gasteiger partial charge on any atom is -0.374 e. The van der Waals surface area contributed by atoms with Crippen molar-refractivity contribution in [1.29, 1.82) is 0 Å². The maximum Gasteiger partial charge on any atom is 0.123 e. The first-order chi connectivity index (χ1) is 9.05. The summed E-state index contributed by atoms with van der Waals surface area (Å²) in [4.78, 5) is 0. The molecule has 1 N–H and O–H groups in total. The molecule has 0 aliphatic rings. The molecule has 0 aliphatic carbocycles. The normalized spacial score (nSPS) is 16.1. The number of likely N-dealkylation sites (N-methyl/N-ethyl adjacent to an activating group) is 1. The standard InChI is InChI=1S/C16H26FNO/c1-5-16(4,19-7-3)15(18-6-2)12-13-9-8-10-14(17)11-13/h8-11,15,18H,5-7,12H2,1-4H3. The minimum absolute atomic E-state index is 0.178. The van der Waals surface area contributed by atoms with E-state index in [1.54, 1.807) is 12.1 Å². The van der Waals surface area contributed by atoms with Gasteiger partial charge in [0.25, 0.3) is 0 Å². The number of hydrogen-bond donors (Lipinski definition) is 1. The SMILES string of the molecule is CCNC(Cc1cccc(F)c1)C(C)(CC)OCC. The largest absolute Gasteiger partial charge is 0.374 e. The van der Waals surface area contributed by atoms with Crippen LogP contribution in [-0.2, 0) is 11.2 Å². The summed E-state index contributed by atoms with van der Waals surface area (Å²) in [7, 11) is 0. The van der Waals surface area contributed by atoms with E-state index in [4.69, 9.17) is 4.74 Å². The lowest BCUT2D eigenvalue weighted by Gasteiger charge is -2.37. The van der Waals surface area contributed by atoms with Gasteiger partial charge in [0.05, 0.1) is 5.60 Å². The van der Waals surface area contributed by atoms with Crippen molar-refractivity contribution >= 4 is 0 Å². The molecule has 0 amide bonds. The zero-order valence-corrected chi connectivity index (χ0v) is 12.5. The molecule has 0 spiro atoms. The number of hydrogen-bond acceptors (Lipinski definition) is 2. The highest BCUT2D eigenvalue weighted by atomic mass is 19.1. The van der Waals surface area contributed by atoms with E-state index >= 15 is 0 Å². The predicted molar refractivity (Wildman–Crippen MR) is 77.9 cm³/mol. The summed E-state index contributed by atoms with van der Waals surface area (Å²) in [6, 6.07) is 7.00. The smallest absolute Gasteiger partial charge is 0.123 e. The molecule has 19 heavy (non-hydrogen) atoms. The molecule has 2 atom stereocenters. The average molecular weight is 267 g/mol. The van der Waals surface area contributed by atoms with Crippen LogP contribution in [0.15, 0.2) is 24.3 Å². The molecule has 0 saturated carbocycles. The van der Waals surface area contributed by atoms with Crippen molar-refractivity contribution in [1.82, 2.24) is 5.32 Å². The molecule has 2 nitrogen and oxygen atoms in total. The fourth-order valence-electron chi connectivity index (χ4n) is 2.43. The van der Waals surface area contributed by atoms with Crippen LogP contribution in [0.3, 0.4) is 0 Å². The lowest BCUT2D eigenvalue weighted by Crippen LogP contribution is -2.51. The van der Waals surface area contributed by atoms with Crippen molar-refractivity contribution in [2.24, 2.45) is 0 Å². The van der Waals surface area contributed by atoms with Gasteiger partial charge in [0, 0.05) is 12.6 Å². The van der Waals surface area contributed by atoms with E-state index in [2.05, 4.69) is 26.1 Å². The van der Waals surface area contributed by atoms with Crippen molar-refractivity contribution < 1.29 is 9.13 Å². The Balaban J connectivity index is 2.87. The van der Waals surface area contributed by atoms with Crippen LogP contribution in [0.1, 0.15) is 39.7 Å². The zero-order valence-electron chi connectivity index (χ0n) is 12.5. The maximum atomic E-state index is 13.3. The molecular weight excluding hydrogens is 241 g/mol. The molecule has 0 bridgehead atoms. The second-order valence-electron chi connectivity index (χ2n) is 5.04. The first kappa shape index (κ1) is 16.1. The van der Waals surface area contributed by atoms with Crippen molar-refractivity contribution in [3.8, 4) is 0 Å². The summed E-state index contributed by atoms with van der Waals surface area (Å²) in [6.45, 7) is 9.92. The highest BCUT2D eigenvalue weighted by Crippen LogP contribution is 2.23. The highest BCUT2D eigenvalue weighted by Gasteiger charge is 2.32. The van der Waals surface area contributed by atoms with Crippen LogP contribution >= 0.6 is 0 Å². The molecular formula is C16H26FNO. The third-order valence-electron chi connectivity index (χ3n) is 3.69. The molecule has 0 fully saturated rings. The molecule has 1 aromatic rings. The summed E-state index contributed by atoms with van der Waals surface area (Å²) in [6.07, 6.45) is 1.70. The van der Waals surface area contributed by atoms with Gasteiger partial charge < -0.3 is 10.1 Å². The van der Waals surface area contributed by atoms with E-state index in [1.807, 2.05) is 13.0 Å². The fourth-order valence-corrected chi connectivity index (χ4v) is 2.43. The Labute approximate surface area is 116 Å². The molecule has 2 unspecified atom stereocenters. The average Bonchev–Trinajstić information content (AvgIpc) is 2.38. The molecule has 108 valence electrons. The quantitative estimate of drug-likeness (QED) is 0.777. The summed E-state index contributed by atoms with van der Waals surface area (Å²) >= 11 is 0. The number of rotatable bonds is 8. The Morgan fingerprint density at radius 3 is 2.58 bits per heavy atom.